The molecule has 102 valence electrons. The van der Waals surface area contributed by atoms with E-state index in [0.29, 0.717) is 6.04 Å². The van der Waals surface area contributed by atoms with E-state index in [1.54, 1.807) is 0 Å². The summed E-state index contributed by atoms with van der Waals surface area (Å²) < 4.78 is 0. The van der Waals surface area contributed by atoms with Gasteiger partial charge >= 0.3 is 0 Å². The molecule has 1 heteroatoms. The molecule has 20 heavy (non-hydrogen) atoms. The average molecular weight is 263 g/mol. The fourth-order valence-corrected chi connectivity index (χ4v) is 2.88. The summed E-state index contributed by atoms with van der Waals surface area (Å²) in [7, 11) is 0. The van der Waals surface area contributed by atoms with Crippen molar-refractivity contribution in [3.8, 4) is 0 Å². The molecule has 0 aromatic heterocycles. The molecule has 1 aliphatic rings. The van der Waals surface area contributed by atoms with E-state index in [-0.39, 0.29) is 0 Å². The quantitative estimate of drug-likeness (QED) is 0.771. The first-order valence-corrected chi connectivity index (χ1v) is 7.48. The second-order valence-corrected chi connectivity index (χ2v) is 5.36. The molecule has 0 aliphatic carbocycles. The fraction of sp³-hybridized carbons (Fsp3) is 0.263. The first kappa shape index (κ1) is 13.0. The Balaban J connectivity index is 1.78. The van der Waals surface area contributed by atoms with Crippen molar-refractivity contribution in [3.63, 3.8) is 0 Å². The van der Waals surface area contributed by atoms with Gasteiger partial charge in [-0.1, -0.05) is 60.7 Å². The minimum atomic E-state index is 0.520. The highest BCUT2D eigenvalue weighted by atomic mass is 15.2. The van der Waals surface area contributed by atoms with Crippen LogP contribution in [-0.4, -0.2) is 12.6 Å². The predicted molar refractivity (Wildman–Crippen MR) is 86.9 cm³/mol. The molecule has 0 N–H and O–H groups in total. The lowest BCUT2D eigenvalue weighted by molar-refractivity contribution is 0.515. The summed E-state index contributed by atoms with van der Waals surface area (Å²) in [5.74, 6) is 0. The minimum absolute atomic E-state index is 0.520. The number of piperidine rings is 1. The maximum absolute atomic E-state index is 2.53. The Kier molecular flexibility index (Phi) is 4.17. The van der Waals surface area contributed by atoms with Crippen molar-refractivity contribution in [1.29, 1.82) is 0 Å². The molecule has 2 aromatic carbocycles. The number of para-hydroxylation sites is 1. The number of hydrogen-bond donors (Lipinski definition) is 0. The summed E-state index contributed by atoms with van der Waals surface area (Å²) in [5.41, 5.74) is 2.63. The second kappa shape index (κ2) is 6.42. The van der Waals surface area contributed by atoms with Crippen molar-refractivity contribution in [2.75, 3.05) is 11.4 Å². The summed E-state index contributed by atoms with van der Waals surface area (Å²) in [6.07, 6.45) is 8.49. The van der Waals surface area contributed by atoms with Crippen molar-refractivity contribution >= 4 is 11.8 Å². The molecule has 3 rings (SSSR count). The first-order valence-electron chi connectivity index (χ1n) is 7.48. The van der Waals surface area contributed by atoms with Crippen molar-refractivity contribution in [2.24, 2.45) is 0 Å². The lowest BCUT2D eigenvalue weighted by Gasteiger charge is -2.36. The second-order valence-electron chi connectivity index (χ2n) is 5.36. The van der Waals surface area contributed by atoms with Crippen LogP contribution in [-0.2, 0) is 0 Å². The van der Waals surface area contributed by atoms with Crippen LogP contribution >= 0.6 is 0 Å². The standard InChI is InChI=1S/C19H21N/c1-3-9-17(10-4-1)14-15-19-13-7-8-16-20(19)18-11-5-2-6-12-18/h1-6,9-12,14-15,19H,7-8,13,16H2/b15-14+/t19-/m0/s1. The monoisotopic (exact) mass is 263 g/mol. The third-order valence-electron chi connectivity index (χ3n) is 3.95. The van der Waals surface area contributed by atoms with Gasteiger partial charge in [0.1, 0.15) is 0 Å². The summed E-state index contributed by atoms with van der Waals surface area (Å²) in [6.45, 7) is 1.16. The lowest BCUT2D eigenvalue weighted by Crippen LogP contribution is -2.38. The SMILES string of the molecule is C(=C\[C@@H]1CCCCN1c1ccccc1)/c1ccccc1. The zero-order chi connectivity index (χ0) is 13.6. The van der Waals surface area contributed by atoms with Crippen LogP contribution in [0.15, 0.2) is 66.7 Å². The summed E-state index contributed by atoms with van der Waals surface area (Å²) in [4.78, 5) is 2.53. The molecule has 0 spiro atoms. The van der Waals surface area contributed by atoms with E-state index in [9.17, 15) is 0 Å². The van der Waals surface area contributed by atoms with Gasteiger partial charge in [-0.05, 0) is 37.0 Å². The zero-order valence-corrected chi connectivity index (χ0v) is 11.8. The minimum Gasteiger partial charge on any atom is -0.365 e. The molecule has 0 saturated carbocycles. The highest BCUT2D eigenvalue weighted by Crippen LogP contribution is 2.25. The van der Waals surface area contributed by atoms with Crippen LogP contribution < -0.4 is 4.90 Å². The van der Waals surface area contributed by atoms with Gasteiger partial charge in [-0.15, -0.1) is 0 Å². The van der Waals surface area contributed by atoms with Crippen LogP contribution in [0.2, 0.25) is 0 Å². The number of anilines is 1. The van der Waals surface area contributed by atoms with Crippen LogP contribution in [0.25, 0.3) is 6.08 Å². The van der Waals surface area contributed by atoms with Crippen LogP contribution in [0.3, 0.4) is 0 Å². The lowest BCUT2D eigenvalue weighted by atomic mass is 10.00. The average Bonchev–Trinajstić information content (AvgIpc) is 2.55. The Bertz CT molecular complexity index is 544. The third-order valence-corrected chi connectivity index (χ3v) is 3.95. The third kappa shape index (κ3) is 3.11. The van der Waals surface area contributed by atoms with E-state index in [1.165, 1.54) is 30.5 Å². The Morgan fingerprint density at radius 3 is 2.30 bits per heavy atom. The van der Waals surface area contributed by atoms with Crippen LogP contribution in [0, 0.1) is 0 Å². The van der Waals surface area contributed by atoms with E-state index in [4.69, 9.17) is 0 Å². The van der Waals surface area contributed by atoms with Gasteiger partial charge in [0.05, 0.1) is 0 Å². The topological polar surface area (TPSA) is 3.24 Å². The highest BCUT2D eigenvalue weighted by molar-refractivity contribution is 5.54. The summed E-state index contributed by atoms with van der Waals surface area (Å²) in [5, 5.41) is 0. The summed E-state index contributed by atoms with van der Waals surface area (Å²) in [6, 6.07) is 21.9. The molecule has 0 unspecified atom stereocenters. The van der Waals surface area contributed by atoms with Crippen molar-refractivity contribution in [1.82, 2.24) is 0 Å². The van der Waals surface area contributed by atoms with Crippen LogP contribution in [0.4, 0.5) is 5.69 Å². The van der Waals surface area contributed by atoms with Gasteiger partial charge in [-0.3, -0.25) is 0 Å². The molecular formula is C19H21N. The molecular weight excluding hydrogens is 242 g/mol. The van der Waals surface area contributed by atoms with Gasteiger partial charge in [0.25, 0.3) is 0 Å². The smallest absolute Gasteiger partial charge is 0.0476 e. The Labute approximate surface area is 121 Å². The van der Waals surface area contributed by atoms with Crippen LogP contribution in [0.5, 0.6) is 0 Å². The van der Waals surface area contributed by atoms with Crippen molar-refractivity contribution < 1.29 is 0 Å². The normalized spacial score (nSPS) is 19.4. The number of nitrogens with zero attached hydrogens (tertiary/aromatic N) is 1. The molecule has 1 aliphatic heterocycles. The van der Waals surface area contributed by atoms with Crippen molar-refractivity contribution in [3.05, 3.63) is 72.3 Å². The Hall–Kier alpha value is -2.02. The predicted octanol–water partition coefficient (Wildman–Crippen LogP) is 4.76. The van der Waals surface area contributed by atoms with E-state index >= 15 is 0 Å². The van der Waals surface area contributed by atoms with Crippen molar-refractivity contribution in [2.45, 2.75) is 25.3 Å². The zero-order valence-electron chi connectivity index (χ0n) is 11.8. The maximum atomic E-state index is 2.53. The van der Waals surface area contributed by atoms with E-state index < -0.39 is 0 Å². The molecule has 1 atom stereocenters. The van der Waals surface area contributed by atoms with Gasteiger partial charge in [0.15, 0.2) is 0 Å². The van der Waals surface area contributed by atoms with E-state index in [0.717, 1.165) is 6.54 Å². The molecule has 1 heterocycles. The molecule has 1 nitrogen and oxygen atoms in total. The molecule has 1 saturated heterocycles. The molecule has 0 radical (unpaired) electrons. The van der Waals surface area contributed by atoms with E-state index in [2.05, 4.69) is 77.7 Å². The molecule has 0 amide bonds. The largest absolute Gasteiger partial charge is 0.365 e. The van der Waals surface area contributed by atoms with Gasteiger partial charge in [-0.25, -0.2) is 0 Å². The molecule has 2 aromatic rings. The van der Waals surface area contributed by atoms with E-state index in [1.807, 2.05) is 0 Å². The molecule has 1 fully saturated rings. The Morgan fingerprint density at radius 2 is 1.55 bits per heavy atom. The maximum Gasteiger partial charge on any atom is 0.0476 e. The van der Waals surface area contributed by atoms with Gasteiger partial charge in [0, 0.05) is 18.3 Å². The van der Waals surface area contributed by atoms with Gasteiger partial charge in [0.2, 0.25) is 0 Å². The van der Waals surface area contributed by atoms with Gasteiger partial charge < -0.3 is 4.90 Å². The van der Waals surface area contributed by atoms with Crippen LogP contribution in [0.1, 0.15) is 24.8 Å². The number of rotatable bonds is 3. The first-order chi connectivity index (χ1) is 9.93. The van der Waals surface area contributed by atoms with Gasteiger partial charge in [-0.2, -0.15) is 0 Å². The Morgan fingerprint density at radius 1 is 0.850 bits per heavy atom. The molecule has 0 bridgehead atoms. The highest BCUT2D eigenvalue weighted by Gasteiger charge is 2.19. The fourth-order valence-electron chi connectivity index (χ4n) is 2.88. The number of hydrogen-bond acceptors (Lipinski definition) is 1. The number of benzene rings is 2. The summed E-state index contributed by atoms with van der Waals surface area (Å²) >= 11 is 0.